The van der Waals surface area contributed by atoms with Gasteiger partial charge in [-0.15, -0.1) is 23.5 Å². The Hall–Kier alpha value is -2.54. The van der Waals surface area contributed by atoms with Gasteiger partial charge in [0.15, 0.2) is 10.8 Å². The Labute approximate surface area is 237 Å². The Morgan fingerprint density at radius 1 is 1.39 bits per heavy atom. The standard InChI is InChI=1S/C20H20ClN7O6S4/c21-15-11(26-20(23)38-15)12(27-34)16(30)25-13-17(31)28-14(19(32)33)10(6-36-18(13)28)37-8-1-2-24-3-9(8)35-5-7(22)4-29/h1-3,7,13,18,29,34H,4-6,22H2,(H2,23,26)(H,25,30)(H,32,33)/b27-12-/t7?,13-,18+/m1/s1. The third-order valence-electron chi connectivity index (χ3n) is 5.23. The van der Waals surface area contributed by atoms with E-state index >= 15 is 0 Å². The third-order valence-corrected chi connectivity index (χ3v) is 10.3. The number of nitrogens with zero attached hydrogens (tertiary/aromatic N) is 4. The Morgan fingerprint density at radius 3 is 2.79 bits per heavy atom. The predicted molar refractivity (Wildman–Crippen MR) is 145 cm³/mol. The van der Waals surface area contributed by atoms with Gasteiger partial charge < -0.3 is 32.2 Å². The van der Waals surface area contributed by atoms with Crippen molar-refractivity contribution in [3.8, 4) is 0 Å². The molecule has 8 N–H and O–H groups in total. The molecular formula is C20H20ClN7O6S4. The highest BCUT2D eigenvalue weighted by molar-refractivity contribution is 8.07. The Morgan fingerprint density at radius 2 is 2.16 bits per heavy atom. The molecule has 2 aliphatic heterocycles. The number of carbonyl (C=O) groups excluding carboxylic acids is 2. The number of anilines is 1. The van der Waals surface area contributed by atoms with E-state index in [0.29, 0.717) is 10.7 Å². The fourth-order valence-corrected chi connectivity index (χ4v) is 8.02. The van der Waals surface area contributed by atoms with Gasteiger partial charge in [-0.3, -0.25) is 19.5 Å². The van der Waals surface area contributed by atoms with Gasteiger partial charge in [-0.1, -0.05) is 39.9 Å². The number of amides is 2. The van der Waals surface area contributed by atoms with Crippen LogP contribution >= 0.6 is 58.2 Å². The van der Waals surface area contributed by atoms with Gasteiger partial charge in [-0.2, -0.15) is 0 Å². The van der Waals surface area contributed by atoms with Gasteiger partial charge in [-0.05, 0) is 6.07 Å². The molecule has 202 valence electrons. The van der Waals surface area contributed by atoms with Crippen LogP contribution < -0.4 is 16.8 Å². The summed E-state index contributed by atoms with van der Waals surface area (Å²) in [5.41, 5.74) is 10.5. The molecule has 0 aromatic carbocycles. The number of carboxylic acid groups (broad SMARTS) is 1. The number of nitrogens with one attached hydrogen (secondary N) is 1. The molecule has 4 heterocycles. The number of carbonyl (C=O) groups is 3. The lowest BCUT2D eigenvalue weighted by atomic mass is 10.0. The van der Waals surface area contributed by atoms with E-state index in [2.05, 4.69) is 20.4 Å². The number of thioether (sulfide) groups is 3. The number of β-lactam (4-membered cyclic amide) rings is 1. The second kappa shape index (κ2) is 12.1. The summed E-state index contributed by atoms with van der Waals surface area (Å²) in [5, 5.41) is 33.3. The molecule has 2 aromatic rings. The highest BCUT2D eigenvalue weighted by Gasteiger charge is 2.54. The van der Waals surface area contributed by atoms with Gasteiger partial charge in [0.2, 0.25) is 0 Å². The maximum absolute atomic E-state index is 13.0. The third kappa shape index (κ3) is 5.73. The summed E-state index contributed by atoms with van der Waals surface area (Å²) < 4.78 is 0.0313. The Bertz CT molecular complexity index is 1340. The summed E-state index contributed by atoms with van der Waals surface area (Å²) in [6, 6.07) is 0.240. The quantitative estimate of drug-likeness (QED) is 0.0717. The average molecular weight is 618 g/mol. The Balaban J connectivity index is 1.52. The van der Waals surface area contributed by atoms with Crippen LogP contribution in [0.15, 0.2) is 44.0 Å². The van der Waals surface area contributed by atoms with Crippen molar-refractivity contribution in [3.05, 3.63) is 39.1 Å². The van der Waals surface area contributed by atoms with E-state index in [1.165, 1.54) is 35.3 Å². The monoisotopic (exact) mass is 617 g/mol. The van der Waals surface area contributed by atoms with Gasteiger partial charge in [0.1, 0.15) is 27.1 Å². The van der Waals surface area contributed by atoms with Gasteiger partial charge in [-0.25, -0.2) is 9.78 Å². The normalized spacial score (nSPS) is 20.1. The number of hydrogen-bond acceptors (Lipinski definition) is 14. The second-order valence-electron chi connectivity index (χ2n) is 7.74. The number of fused-ring (bicyclic) bond motifs is 1. The fourth-order valence-electron chi connectivity index (χ4n) is 3.48. The van der Waals surface area contributed by atoms with Crippen molar-refractivity contribution >= 4 is 86.9 Å². The lowest BCUT2D eigenvalue weighted by molar-refractivity contribution is -0.150. The lowest BCUT2D eigenvalue weighted by Crippen LogP contribution is -2.71. The molecule has 2 aliphatic rings. The van der Waals surface area contributed by atoms with Crippen LogP contribution in [0.3, 0.4) is 0 Å². The molecular weight excluding hydrogens is 598 g/mol. The molecule has 0 aliphatic carbocycles. The zero-order chi connectivity index (χ0) is 27.6. The minimum Gasteiger partial charge on any atom is -0.477 e. The maximum atomic E-state index is 13.0. The number of halogens is 1. The smallest absolute Gasteiger partial charge is 0.353 e. The number of rotatable bonds is 10. The van der Waals surface area contributed by atoms with Crippen LogP contribution in [0, 0.1) is 0 Å². The number of aliphatic hydroxyl groups excluding tert-OH is 1. The molecule has 2 amide bonds. The van der Waals surface area contributed by atoms with E-state index < -0.39 is 41.0 Å². The molecule has 0 radical (unpaired) electrons. The number of carboxylic acids is 1. The lowest BCUT2D eigenvalue weighted by Gasteiger charge is -2.49. The van der Waals surface area contributed by atoms with E-state index in [-0.39, 0.29) is 33.2 Å². The Kier molecular flexibility index (Phi) is 9.07. The van der Waals surface area contributed by atoms with Crippen LogP contribution in [0.2, 0.25) is 4.34 Å². The van der Waals surface area contributed by atoms with E-state index in [0.717, 1.165) is 26.0 Å². The van der Waals surface area contributed by atoms with E-state index in [9.17, 15) is 29.8 Å². The van der Waals surface area contributed by atoms with Gasteiger partial charge in [0, 0.05) is 44.6 Å². The van der Waals surface area contributed by atoms with Crippen molar-refractivity contribution in [2.45, 2.75) is 27.2 Å². The zero-order valence-corrected chi connectivity index (χ0v) is 23.1. The average Bonchev–Trinajstić information content (AvgIpc) is 3.23. The van der Waals surface area contributed by atoms with Crippen molar-refractivity contribution in [2.24, 2.45) is 10.9 Å². The molecule has 1 unspecified atom stereocenters. The number of nitrogens with two attached hydrogens (primary N) is 2. The van der Waals surface area contributed by atoms with Gasteiger partial charge in [0.25, 0.3) is 11.8 Å². The zero-order valence-electron chi connectivity index (χ0n) is 19.1. The van der Waals surface area contributed by atoms with Crippen LogP contribution in [0.4, 0.5) is 5.13 Å². The number of aliphatic hydroxyl groups is 1. The van der Waals surface area contributed by atoms with Crippen molar-refractivity contribution in [1.29, 1.82) is 0 Å². The predicted octanol–water partition coefficient (Wildman–Crippen LogP) is 0.852. The largest absolute Gasteiger partial charge is 0.477 e. The summed E-state index contributed by atoms with van der Waals surface area (Å²) >= 11 is 10.7. The molecule has 1 fully saturated rings. The number of pyridine rings is 1. The molecule has 18 heteroatoms. The van der Waals surface area contributed by atoms with Crippen molar-refractivity contribution in [2.75, 3.05) is 23.8 Å². The molecule has 4 rings (SSSR count). The highest BCUT2D eigenvalue weighted by Crippen LogP contribution is 2.46. The summed E-state index contributed by atoms with van der Waals surface area (Å²) in [6.07, 6.45) is 3.20. The van der Waals surface area contributed by atoms with E-state index in [1.807, 2.05) is 0 Å². The van der Waals surface area contributed by atoms with E-state index in [1.54, 1.807) is 18.5 Å². The molecule has 1 saturated heterocycles. The summed E-state index contributed by atoms with van der Waals surface area (Å²) in [6.45, 7) is -0.173. The van der Waals surface area contributed by atoms with Crippen LogP contribution in [0.5, 0.6) is 0 Å². The number of aliphatic carboxylic acids is 1. The van der Waals surface area contributed by atoms with Crippen LogP contribution in [-0.4, -0.2) is 89.4 Å². The van der Waals surface area contributed by atoms with Gasteiger partial charge in [0.05, 0.1) is 6.61 Å². The summed E-state index contributed by atoms with van der Waals surface area (Å²) in [4.78, 5) is 49.0. The van der Waals surface area contributed by atoms with Crippen molar-refractivity contribution in [1.82, 2.24) is 20.2 Å². The van der Waals surface area contributed by atoms with Crippen LogP contribution in [-0.2, 0) is 14.4 Å². The second-order valence-corrected chi connectivity index (χ2v) is 12.7. The van der Waals surface area contributed by atoms with Crippen LogP contribution in [0.1, 0.15) is 5.69 Å². The molecule has 0 bridgehead atoms. The highest BCUT2D eigenvalue weighted by atomic mass is 35.5. The van der Waals surface area contributed by atoms with E-state index in [4.69, 9.17) is 23.1 Å². The maximum Gasteiger partial charge on any atom is 0.353 e. The number of oxime groups is 1. The molecule has 13 nitrogen and oxygen atoms in total. The first kappa shape index (κ1) is 28.5. The molecule has 0 spiro atoms. The van der Waals surface area contributed by atoms with Crippen molar-refractivity contribution < 1.29 is 29.8 Å². The minimum atomic E-state index is -1.29. The number of aromatic nitrogens is 2. The molecule has 2 aromatic heterocycles. The number of hydrogen-bond donors (Lipinski definition) is 6. The summed E-state index contributed by atoms with van der Waals surface area (Å²) in [7, 11) is 0. The van der Waals surface area contributed by atoms with Crippen LogP contribution in [0.25, 0.3) is 0 Å². The van der Waals surface area contributed by atoms with Gasteiger partial charge >= 0.3 is 5.97 Å². The topological polar surface area (TPSA) is 217 Å². The fraction of sp³-hybridized carbons (Fsp3) is 0.300. The first-order valence-electron chi connectivity index (χ1n) is 10.6. The summed E-state index contributed by atoms with van der Waals surface area (Å²) in [5.74, 6) is -2.15. The molecule has 0 saturated carbocycles. The SMILES string of the molecule is Nc1nc(/C(=N/O)C(=O)N[C@@H]2C(=O)N3C(C(=O)O)=C(Sc4ccncc4SCC(N)CO)CS[C@@H]23)c(Cl)s1. The number of thiazole rings is 1. The minimum absolute atomic E-state index is 0.0313. The van der Waals surface area contributed by atoms with Crippen molar-refractivity contribution in [3.63, 3.8) is 0 Å². The molecule has 3 atom stereocenters. The first-order chi connectivity index (χ1) is 18.2. The molecule has 38 heavy (non-hydrogen) atoms. The first-order valence-corrected chi connectivity index (χ1v) is 14.7. The number of nitrogen functional groups attached to an aromatic ring is 1.